The second kappa shape index (κ2) is 6.36. The number of thiazole rings is 1. The summed E-state index contributed by atoms with van der Waals surface area (Å²) in [6.07, 6.45) is 0. The SMILES string of the molecule is Cc1cccc(NC(=O)NCc2scnc2C)c1C(=O)O. The molecule has 0 aliphatic heterocycles. The van der Waals surface area contributed by atoms with E-state index in [4.69, 9.17) is 0 Å². The van der Waals surface area contributed by atoms with Crippen molar-refractivity contribution in [3.8, 4) is 0 Å². The van der Waals surface area contributed by atoms with Crippen LogP contribution in [0.25, 0.3) is 0 Å². The fraction of sp³-hybridized carbons (Fsp3) is 0.214. The van der Waals surface area contributed by atoms with Gasteiger partial charge in [0.1, 0.15) is 0 Å². The molecule has 0 saturated heterocycles. The number of rotatable bonds is 4. The number of nitrogens with one attached hydrogen (secondary N) is 2. The smallest absolute Gasteiger partial charge is 0.338 e. The molecular formula is C14H15N3O3S. The van der Waals surface area contributed by atoms with Crippen molar-refractivity contribution in [2.45, 2.75) is 20.4 Å². The van der Waals surface area contributed by atoms with Gasteiger partial charge in [-0.1, -0.05) is 12.1 Å². The maximum atomic E-state index is 11.9. The van der Waals surface area contributed by atoms with Gasteiger partial charge in [0.25, 0.3) is 0 Å². The Morgan fingerprint density at radius 3 is 2.71 bits per heavy atom. The van der Waals surface area contributed by atoms with Gasteiger partial charge in [-0.05, 0) is 25.5 Å². The van der Waals surface area contributed by atoms with Gasteiger partial charge in [-0.3, -0.25) is 0 Å². The van der Waals surface area contributed by atoms with Crippen LogP contribution in [-0.2, 0) is 6.54 Å². The Morgan fingerprint density at radius 2 is 2.10 bits per heavy atom. The predicted molar refractivity (Wildman–Crippen MR) is 80.8 cm³/mol. The Morgan fingerprint density at radius 1 is 1.33 bits per heavy atom. The minimum absolute atomic E-state index is 0.0987. The summed E-state index contributed by atoms with van der Waals surface area (Å²) in [4.78, 5) is 28.2. The van der Waals surface area contributed by atoms with E-state index < -0.39 is 12.0 Å². The zero-order chi connectivity index (χ0) is 15.4. The van der Waals surface area contributed by atoms with Crippen LogP contribution in [0.1, 0.15) is 26.5 Å². The van der Waals surface area contributed by atoms with E-state index >= 15 is 0 Å². The summed E-state index contributed by atoms with van der Waals surface area (Å²) in [5.74, 6) is -1.07. The lowest BCUT2D eigenvalue weighted by atomic mass is 10.1. The number of carbonyl (C=O) groups is 2. The second-order valence-corrected chi connectivity index (χ2v) is 5.41. The zero-order valence-corrected chi connectivity index (χ0v) is 12.5. The number of urea groups is 1. The van der Waals surface area contributed by atoms with Gasteiger partial charge in [-0.2, -0.15) is 0 Å². The number of benzene rings is 1. The van der Waals surface area contributed by atoms with Gasteiger partial charge in [0.05, 0.1) is 29.0 Å². The van der Waals surface area contributed by atoms with Crippen molar-refractivity contribution in [1.82, 2.24) is 10.3 Å². The maximum absolute atomic E-state index is 11.9. The van der Waals surface area contributed by atoms with Gasteiger partial charge >= 0.3 is 12.0 Å². The molecule has 0 fully saturated rings. The number of aromatic nitrogens is 1. The zero-order valence-electron chi connectivity index (χ0n) is 11.6. The number of carboxylic acids is 1. The van der Waals surface area contributed by atoms with Crippen LogP contribution in [0, 0.1) is 13.8 Å². The Balaban J connectivity index is 2.05. The predicted octanol–water partition coefficient (Wildman–Crippen LogP) is 2.78. The number of amides is 2. The van der Waals surface area contributed by atoms with E-state index in [9.17, 15) is 14.7 Å². The third-order valence-corrected chi connectivity index (χ3v) is 3.92. The lowest BCUT2D eigenvalue weighted by molar-refractivity contribution is 0.0697. The van der Waals surface area contributed by atoms with Crippen molar-refractivity contribution in [2.24, 2.45) is 0 Å². The Kier molecular flexibility index (Phi) is 4.54. The van der Waals surface area contributed by atoms with Crippen LogP contribution in [0.2, 0.25) is 0 Å². The van der Waals surface area contributed by atoms with E-state index in [1.54, 1.807) is 30.6 Å². The summed E-state index contributed by atoms with van der Waals surface area (Å²) < 4.78 is 0. The Labute approximate surface area is 125 Å². The molecule has 6 nitrogen and oxygen atoms in total. The van der Waals surface area contributed by atoms with Crippen molar-refractivity contribution in [1.29, 1.82) is 0 Å². The highest BCUT2D eigenvalue weighted by Crippen LogP contribution is 2.19. The number of hydrogen-bond acceptors (Lipinski definition) is 4. The molecule has 0 spiro atoms. The Bertz CT molecular complexity index is 682. The first kappa shape index (κ1) is 15.0. The summed E-state index contributed by atoms with van der Waals surface area (Å²) in [6, 6.07) is 4.50. The molecule has 0 unspecified atom stereocenters. The highest BCUT2D eigenvalue weighted by Gasteiger charge is 2.14. The number of aryl methyl sites for hydroxylation is 2. The first-order chi connectivity index (χ1) is 9.99. The van der Waals surface area contributed by atoms with Crippen molar-refractivity contribution in [2.75, 3.05) is 5.32 Å². The molecule has 1 aromatic heterocycles. The summed E-state index contributed by atoms with van der Waals surface area (Å²) in [7, 11) is 0. The van der Waals surface area contributed by atoms with E-state index in [2.05, 4.69) is 15.6 Å². The molecule has 1 heterocycles. The summed E-state index contributed by atoms with van der Waals surface area (Å²) in [5.41, 5.74) is 3.57. The highest BCUT2D eigenvalue weighted by atomic mass is 32.1. The number of hydrogen-bond donors (Lipinski definition) is 3. The van der Waals surface area contributed by atoms with E-state index in [-0.39, 0.29) is 11.3 Å². The monoisotopic (exact) mass is 305 g/mol. The minimum Gasteiger partial charge on any atom is -0.478 e. The molecule has 3 N–H and O–H groups in total. The van der Waals surface area contributed by atoms with E-state index in [1.807, 2.05) is 6.92 Å². The summed E-state index contributed by atoms with van der Waals surface area (Å²) in [5, 5.41) is 14.5. The molecule has 7 heteroatoms. The van der Waals surface area contributed by atoms with E-state index in [1.165, 1.54) is 11.3 Å². The van der Waals surface area contributed by atoms with E-state index in [0.29, 0.717) is 12.1 Å². The number of nitrogens with zero attached hydrogens (tertiary/aromatic N) is 1. The van der Waals surface area contributed by atoms with Crippen molar-refractivity contribution >= 4 is 29.0 Å². The maximum Gasteiger partial charge on any atom is 0.338 e. The molecule has 0 aliphatic rings. The normalized spacial score (nSPS) is 10.2. The van der Waals surface area contributed by atoms with Gasteiger partial charge in [-0.25, -0.2) is 14.6 Å². The molecule has 2 amide bonds. The molecule has 21 heavy (non-hydrogen) atoms. The summed E-state index contributed by atoms with van der Waals surface area (Å²) in [6.45, 7) is 3.91. The van der Waals surface area contributed by atoms with Gasteiger partial charge in [0.2, 0.25) is 0 Å². The van der Waals surface area contributed by atoms with Crippen molar-refractivity contribution < 1.29 is 14.7 Å². The number of carboxylic acid groups (broad SMARTS) is 1. The molecule has 1 aromatic carbocycles. The van der Waals surface area contributed by atoms with Crippen LogP contribution in [0.3, 0.4) is 0 Å². The topological polar surface area (TPSA) is 91.3 Å². The van der Waals surface area contributed by atoms with Gasteiger partial charge in [0, 0.05) is 4.88 Å². The molecule has 0 bridgehead atoms. The molecule has 2 aromatic rings. The van der Waals surface area contributed by atoms with Crippen LogP contribution < -0.4 is 10.6 Å². The molecule has 0 radical (unpaired) electrons. The first-order valence-corrected chi connectivity index (χ1v) is 7.13. The first-order valence-electron chi connectivity index (χ1n) is 6.25. The lowest BCUT2D eigenvalue weighted by Gasteiger charge is -2.11. The van der Waals surface area contributed by atoms with Gasteiger partial charge < -0.3 is 15.7 Å². The third kappa shape index (κ3) is 3.57. The lowest BCUT2D eigenvalue weighted by Crippen LogP contribution is -2.29. The fourth-order valence-corrected chi connectivity index (χ4v) is 2.60. The van der Waals surface area contributed by atoms with Crippen LogP contribution >= 0.6 is 11.3 Å². The third-order valence-electron chi connectivity index (χ3n) is 2.99. The van der Waals surface area contributed by atoms with Crippen molar-refractivity contribution in [3.63, 3.8) is 0 Å². The van der Waals surface area contributed by atoms with Crippen LogP contribution in [0.4, 0.5) is 10.5 Å². The van der Waals surface area contributed by atoms with E-state index in [0.717, 1.165) is 10.6 Å². The molecular weight excluding hydrogens is 290 g/mol. The minimum atomic E-state index is -1.07. The Hall–Kier alpha value is -2.41. The molecule has 2 rings (SSSR count). The standard InChI is InChI=1S/C14H15N3O3S/c1-8-4-3-5-10(12(8)13(18)19)17-14(20)15-6-11-9(2)16-7-21-11/h3-5,7H,6H2,1-2H3,(H,18,19)(H2,15,17,20). The van der Waals surface area contributed by atoms with Gasteiger partial charge in [-0.15, -0.1) is 11.3 Å². The second-order valence-electron chi connectivity index (χ2n) is 4.47. The quantitative estimate of drug-likeness (QED) is 0.810. The molecule has 0 atom stereocenters. The summed E-state index contributed by atoms with van der Waals surface area (Å²) >= 11 is 1.46. The van der Waals surface area contributed by atoms with Crippen molar-refractivity contribution in [3.05, 3.63) is 45.4 Å². The highest BCUT2D eigenvalue weighted by molar-refractivity contribution is 7.09. The molecule has 0 saturated carbocycles. The largest absolute Gasteiger partial charge is 0.478 e. The van der Waals surface area contributed by atoms with Crippen LogP contribution in [0.5, 0.6) is 0 Å². The average molecular weight is 305 g/mol. The number of aromatic carboxylic acids is 1. The molecule has 0 aliphatic carbocycles. The number of anilines is 1. The van der Waals surface area contributed by atoms with Crippen LogP contribution in [0.15, 0.2) is 23.7 Å². The fourth-order valence-electron chi connectivity index (χ4n) is 1.88. The van der Waals surface area contributed by atoms with Crippen LogP contribution in [-0.4, -0.2) is 22.1 Å². The number of carbonyl (C=O) groups excluding carboxylic acids is 1. The average Bonchev–Trinajstić information content (AvgIpc) is 2.81. The molecule has 110 valence electrons. The van der Waals surface area contributed by atoms with Gasteiger partial charge in [0.15, 0.2) is 0 Å².